The fourth-order valence-electron chi connectivity index (χ4n) is 3.39. The first-order valence-corrected chi connectivity index (χ1v) is 10.1. The van der Waals surface area contributed by atoms with Gasteiger partial charge in [0.05, 0.1) is 19.1 Å². The van der Waals surface area contributed by atoms with Gasteiger partial charge in [-0.15, -0.1) is 0 Å². The minimum atomic E-state index is -0.376. The molecule has 152 valence electrons. The molecule has 9 heteroatoms. The molecule has 3 rings (SSSR count). The second-order valence-electron chi connectivity index (χ2n) is 6.65. The van der Waals surface area contributed by atoms with Crippen molar-refractivity contribution >= 4 is 34.7 Å². The number of nitrogens with one attached hydrogen (secondary N) is 2. The van der Waals surface area contributed by atoms with Crippen LogP contribution in [0, 0.1) is 0 Å². The van der Waals surface area contributed by atoms with E-state index in [-0.39, 0.29) is 11.1 Å². The second-order valence-corrected chi connectivity index (χ2v) is 7.66. The maximum Gasteiger partial charge on any atom is 0.290 e. The number of carbonyl (C=O) groups is 2. The van der Waals surface area contributed by atoms with Crippen LogP contribution in [0.5, 0.6) is 11.5 Å². The number of amides is 2. The summed E-state index contributed by atoms with van der Waals surface area (Å²) in [5.41, 5.74) is 7.33. The lowest BCUT2D eigenvalue weighted by atomic mass is 10.1. The number of carbonyl (C=O) groups excluding carboxylic acids is 2. The summed E-state index contributed by atoms with van der Waals surface area (Å²) in [6.45, 7) is 3.30. The molecule has 1 atom stereocenters. The van der Waals surface area contributed by atoms with Gasteiger partial charge in [0.15, 0.2) is 11.5 Å². The van der Waals surface area contributed by atoms with Crippen LogP contribution in [-0.2, 0) is 4.79 Å². The Balaban J connectivity index is 1.90. The van der Waals surface area contributed by atoms with E-state index >= 15 is 0 Å². The molecule has 1 unspecified atom stereocenters. The van der Waals surface area contributed by atoms with E-state index in [9.17, 15) is 9.59 Å². The highest BCUT2D eigenvalue weighted by atomic mass is 32.2. The van der Waals surface area contributed by atoms with Crippen molar-refractivity contribution in [3.63, 3.8) is 0 Å². The van der Waals surface area contributed by atoms with Crippen molar-refractivity contribution in [2.45, 2.75) is 18.9 Å². The van der Waals surface area contributed by atoms with Gasteiger partial charge in [0.2, 0.25) is 0 Å². The Hall–Kier alpha value is -2.23. The zero-order valence-corrected chi connectivity index (χ0v) is 16.9. The van der Waals surface area contributed by atoms with E-state index in [1.54, 1.807) is 20.3 Å². The van der Waals surface area contributed by atoms with Crippen LogP contribution in [0.3, 0.4) is 0 Å². The summed E-state index contributed by atoms with van der Waals surface area (Å²) in [5.74, 6) is 0.821. The van der Waals surface area contributed by atoms with E-state index in [1.165, 1.54) is 0 Å². The van der Waals surface area contributed by atoms with Crippen LogP contribution in [0.1, 0.15) is 18.4 Å². The standard InChI is InChI=1S/C19H26N4O4S/c1-26-15-8-12(9-17-18(24)22-19(25)28-17)14(10-16(15)27-2)23-7-4-13(11-23)21-6-3-5-20/h8-10,13,21H,3-7,11,20H2,1-2H3,(H,22,24,25)/b17-9+. The van der Waals surface area contributed by atoms with E-state index in [0.29, 0.717) is 29.0 Å². The lowest BCUT2D eigenvalue weighted by Gasteiger charge is -2.23. The average Bonchev–Trinajstić information content (AvgIpc) is 3.27. The number of hydrogen-bond donors (Lipinski definition) is 3. The van der Waals surface area contributed by atoms with Crippen molar-refractivity contribution in [1.29, 1.82) is 0 Å². The van der Waals surface area contributed by atoms with Crippen LogP contribution >= 0.6 is 11.8 Å². The van der Waals surface area contributed by atoms with Gasteiger partial charge in [0, 0.05) is 36.4 Å². The number of nitrogens with two attached hydrogens (primary N) is 1. The van der Waals surface area contributed by atoms with E-state index in [0.717, 1.165) is 55.5 Å². The zero-order chi connectivity index (χ0) is 20.1. The molecule has 2 aliphatic heterocycles. The summed E-state index contributed by atoms with van der Waals surface area (Å²) >= 11 is 0.904. The van der Waals surface area contributed by atoms with Gasteiger partial charge in [-0.25, -0.2) is 0 Å². The van der Waals surface area contributed by atoms with E-state index in [2.05, 4.69) is 15.5 Å². The minimum Gasteiger partial charge on any atom is -0.493 e. The third-order valence-corrected chi connectivity index (χ3v) is 5.61. The highest BCUT2D eigenvalue weighted by Gasteiger charge is 2.28. The molecule has 2 fully saturated rings. The van der Waals surface area contributed by atoms with E-state index < -0.39 is 0 Å². The molecule has 0 aliphatic carbocycles. The Morgan fingerprint density at radius 3 is 2.71 bits per heavy atom. The Labute approximate surface area is 168 Å². The summed E-state index contributed by atoms with van der Waals surface area (Å²) in [7, 11) is 3.17. The fourth-order valence-corrected chi connectivity index (χ4v) is 4.06. The number of rotatable bonds is 8. The lowest BCUT2D eigenvalue weighted by molar-refractivity contribution is -0.115. The molecule has 0 saturated carbocycles. The lowest BCUT2D eigenvalue weighted by Crippen LogP contribution is -2.34. The Bertz CT molecular complexity index is 783. The van der Waals surface area contributed by atoms with Gasteiger partial charge in [-0.1, -0.05) is 0 Å². The van der Waals surface area contributed by atoms with Crippen molar-refractivity contribution in [3.05, 3.63) is 22.6 Å². The molecule has 1 aromatic carbocycles. The number of imide groups is 1. The Morgan fingerprint density at radius 2 is 2.07 bits per heavy atom. The molecule has 2 amide bonds. The number of nitrogens with zero attached hydrogens (tertiary/aromatic N) is 1. The maximum absolute atomic E-state index is 12.0. The van der Waals surface area contributed by atoms with E-state index in [4.69, 9.17) is 15.2 Å². The molecule has 0 spiro atoms. The molecule has 28 heavy (non-hydrogen) atoms. The van der Waals surface area contributed by atoms with Gasteiger partial charge in [0.1, 0.15) is 0 Å². The van der Waals surface area contributed by atoms with Crippen LogP contribution in [0.15, 0.2) is 17.0 Å². The molecule has 4 N–H and O–H groups in total. The smallest absolute Gasteiger partial charge is 0.290 e. The molecule has 2 saturated heterocycles. The summed E-state index contributed by atoms with van der Waals surface area (Å²) < 4.78 is 10.9. The molecule has 8 nitrogen and oxygen atoms in total. The summed E-state index contributed by atoms with van der Waals surface area (Å²) in [5, 5.41) is 5.47. The van der Waals surface area contributed by atoms with Crippen molar-refractivity contribution in [1.82, 2.24) is 10.6 Å². The van der Waals surface area contributed by atoms with Gasteiger partial charge in [0.25, 0.3) is 11.1 Å². The van der Waals surface area contributed by atoms with Gasteiger partial charge >= 0.3 is 0 Å². The van der Waals surface area contributed by atoms with Crippen LogP contribution in [0.4, 0.5) is 10.5 Å². The van der Waals surface area contributed by atoms with Crippen molar-refractivity contribution in [3.8, 4) is 11.5 Å². The van der Waals surface area contributed by atoms with Gasteiger partial charge in [-0.05, 0) is 49.8 Å². The molecule has 0 bridgehead atoms. The number of methoxy groups -OCH3 is 2. The molecule has 2 aliphatic rings. The first-order chi connectivity index (χ1) is 13.5. The van der Waals surface area contributed by atoms with Crippen LogP contribution in [0.2, 0.25) is 0 Å². The summed E-state index contributed by atoms with van der Waals surface area (Å²) in [4.78, 5) is 26.1. The predicted molar refractivity (Wildman–Crippen MR) is 111 cm³/mol. The second kappa shape index (κ2) is 9.31. The van der Waals surface area contributed by atoms with Crippen molar-refractivity contribution in [2.24, 2.45) is 5.73 Å². The predicted octanol–water partition coefficient (Wildman–Crippen LogP) is 1.54. The minimum absolute atomic E-state index is 0.358. The van der Waals surface area contributed by atoms with E-state index in [1.807, 2.05) is 12.1 Å². The average molecular weight is 407 g/mol. The summed E-state index contributed by atoms with van der Waals surface area (Å²) in [6.07, 6.45) is 3.70. The van der Waals surface area contributed by atoms with Crippen LogP contribution in [0.25, 0.3) is 6.08 Å². The van der Waals surface area contributed by atoms with Crippen molar-refractivity contribution < 1.29 is 19.1 Å². The molecule has 0 aromatic heterocycles. The van der Waals surface area contributed by atoms with Gasteiger partial charge in [-0.3, -0.25) is 14.9 Å². The van der Waals surface area contributed by atoms with Crippen LogP contribution in [-0.4, -0.2) is 57.6 Å². The number of benzene rings is 1. The molecule has 0 radical (unpaired) electrons. The fraction of sp³-hybridized carbons (Fsp3) is 0.474. The Kier molecular flexibility index (Phi) is 6.82. The first kappa shape index (κ1) is 20.5. The molecule has 2 heterocycles. The monoisotopic (exact) mass is 406 g/mol. The quantitative estimate of drug-likeness (QED) is 0.441. The molecule has 1 aromatic rings. The van der Waals surface area contributed by atoms with Crippen molar-refractivity contribution in [2.75, 3.05) is 45.3 Å². The SMILES string of the molecule is COc1cc(/C=C2/SC(=O)NC2=O)c(N2CCC(NCCCN)C2)cc1OC. The maximum atomic E-state index is 12.0. The molecular formula is C19H26N4O4S. The first-order valence-electron chi connectivity index (χ1n) is 9.25. The van der Waals surface area contributed by atoms with Crippen LogP contribution < -0.4 is 30.7 Å². The highest BCUT2D eigenvalue weighted by Crippen LogP contribution is 2.39. The number of hydrogen-bond acceptors (Lipinski definition) is 8. The third kappa shape index (κ3) is 4.60. The zero-order valence-electron chi connectivity index (χ0n) is 16.1. The number of anilines is 1. The number of ether oxygens (including phenoxy) is 2. The summed E-state index contributed by atoms with van der Waals surface area (Å²) in [6, 6.07) is 4.14. The van der Waals surface area contributed by atoms with Gasteiger partial charge < -0.3 is 25.4 Å². The largest absolute Gasteiger partial charge is 0.493 e. The normalized spacial score (nSPS) is 20.8. The number of thioether (sulfide) groups is 1. The highest BCUT2D eigenvalue weighted by molar-refractivity contribution is 8.18. The topological polar surface area (TPSA) is 106 Å². The Morgan fingerprint density at radius 1 is 1.32 bits per heavy atom. The van der Waals surface area contributed by atoms with Gasteiger partial charge in [-0.2, -0.15) is 0 Å². The molecular weight excluding hydrogens is 380 g/mol. The third-order valence-electron chi connectivity index (χ3n) is 4.80.